The zero-order valence-electron chi connectivity index (χ0n) is 11.5. The van der Waals surface area contributed by atoms with Crippen LogP contribution in [0.5, 0.6) is 11.5 Å². The lowest BCUT2D eigenvalue weighted by molar-refractivity contribution is 0.274. The van der Waals surface area contributed by atoms with Gasteiger partial charge in [-0.05, 0) is 38.5 Å². The molecule has 0 amide bonds. The summed E-state index contributed by atoms with van der Waals surface area (Å²) in [6, 6.07) is 6.04. The van der Waals surface area contributed by atoms with Gasteiger partial charge in [-0.1, -0.05) is 12.1 Å². The summed E-state index contributed by atoms with van der Waals surface area (Å²) in [6.07, 6.45) is 3.17. The van der Waals surface area contributed by atoms with E-state index in [2.05, 4.69) is 17.6 Å². The van der Waals surface area contributed by atoms with E-state index in [-0.39, 0.29) is 0 Å². The highest BCUT2D eigenvalue weighted by Crippen LogP contribution is 2.31. The van der Waals surface area contributed by atoms with Crippen LogP contribution in [0.2, 0.25) is 0 Å². The molecule has 0 aliphatic heterocycles. The minimum atomic E-state index is 0.657. The van der Waals surface area contributed by atoms with Crippen LogP contribution in [0.25, 0.3) is 0 Å². The van der Waals surface area contributed by atoms with Crippen LogP contribution in [0, 0.1) is 0 Å². The van der Waals surface area contributed by atoms with Gasteiger partial charge in [0.15, 0.2) is 11.5 Å². The second-order valence-electron chi connectivity index (χ2n) is 3.90. The Morgan fingerprint density at radius 1 is 1.28 bits per heavy atom. The zero-order valence-corrected chi connectivity index (χ0v) is 12.3. The van der Waals surface area contributed by atoms with E-state index >= 15 is 0 Å². The van der Waals surface area contributed by atoms with Crippen LogP contribution in [0.15, 0.2) is 18.2 Å². The third-order valence-electron chi connectivity index (χ3n) is 2.47. The van der Waals surface area contributed by atoms with E-state index in [1.807, 2.05) is 37.9 Å². The van der Waals surface area contributed by atoms with E-state index < -0.39 is 0 Å². The molecule has 0 aliphatic carbocycles. The Bertz CT molecular complexity index is 320. The van der Waals surface area contributed by atoms with Crippen molar-refractivity contribution < 1.29 is 9.47 Å². The fraction of sp³-hybridized carbons (Fsp3) is 0.571. The Labute approximate surface area is 114 Å². The molecule has 0 bridgehead atoms. The monoisotopic (exact) mass is 269 g/mol. The van der Waals surface area contributed by atoms with E-state index in [1.165, 1.54) is 0 Å². The Kier molecular flexibility index (Phi) is 7.69. The molecule has 3 nitrogen and oxygen atoms in total. The highest BCUT2D eigenvalue weighted by atomic mass is 32.2. The molecule has 0 atom stereocenters. The minimum Gasteiger partial charge on any atom is -0.490 e. The van der Waals surface area contributed by atoms with Gasteiger partial charge in [0.1, 0.15) is 0 Å². The van der Waals surface area contributed by atoms with Crippen molar-refractivity contribution in [1.29, 1.82) is 0 Å². The van der Waals surface area contributed by atoms with E-state index in [0.29, 0.717) is 6.61 Å². The predicted octanol–water partition coefficient (Wildman–Crippen LogP) is 2.94. The van der Waals surface area contributed by atoms with Gasteiger partial charge in [-0.2, -0.15) is 11.8 Å². The van der Waals surface area contributed by atoms with Gasteiger partial charge in [0, 0.05) is 12.1 Å². The third kappa shape index (κ3) is 4.78. The Hall–Kier alpha value is -0.870. The topological polar surface area (TPSA) is 30.5 Å². The molecule has 1 aromatic rings. The van der Waals surface area contributed by atoms with Crippen molar-refractivity contribution in [3.63, 3.8) is 0 Å². The summed E-state index contributed by atoms with van der Waals surface area (Å²) in [6.45, 7) is 4.17. The summed E-state index contributed by atoms with van der Waals surface area (Å²) in [5, 5.41) is 3.16. The lowest BCUT2D eigenvalue weighted by Crippen LogP contribution is -2.09. The molecular formula is C14H23NO2S. The van der Waals surface area contributed by atoms with Crippen molar-refractivity contribution in [2.75, 3.05) is 32.3 Å². The molecule has 0 heterocycles. The largest absolute Gasteiger partial charge is 0.490 e. The fourth-order valence-electron chi connectivity index (χ4n) is 1.70. The maximum Gasteiger partial charge on any atom is 0.165 e. The number of nitrogens with one attached hydrogen (secondary N) is 1. The van der Waals surface area contributed by atoms with Gasteiger partial charge < -0.3 is 14.8 Å². The molecule has 0 aliphatic rings. The van der Waals surface area contributed by atoms with Gasteiger partial charge in [0.25, 0.3) is 0 Å². The molecule has 0 aromatic heterocycles. The minimum absolute atomic E-state index is 0.657. The van der Waals surface area contributed by atoms with Crippen molar-refractivity contribution >= 4 is 11.8 Å². The number of para-hydroxylation sites is 1. The maximum atomic E-state index is 5.90. The summed E-state index contributed by atoms with van der Waals surface area (Å²) in [7, 11) is 1.94. The van der Waals surface area contributed by atoms with Crippen molar-refractivity contribution in [3.05, 3.63) is 23.8 Å². The lowest BCUT2D eigenvalue weighted by atomic mass is 10.2. The average Bonchev–Trinajstić information content (AvgIpc) is 2.38. The summed E-state index contributed by atoms with van der Waals surface area (Å²) in [5.74, 6) is 2.85. The third-order valence-corrected chi connectivity index (χ3v) is 3.16. The molecule has 0 unspecified atom stereocenters. The summed E-state index contributed by atoms with van der Waals surface area (Å²) < 4.78 is 11.5. The Balaban J connectivity index is 2.74. The first kappa shape index (κ1) is 15.2. The zero-order chi connectivity index (χ0) is 13.2. The normalized spacial score (nSPS) is 10.4. The van der Waals surface area contributed by atoms with E-state index in [0.717, 1.165) is 42.4 Å². The number of hydrogen-bond acceptors (Lipinski definition) is 4. The van der Waals surface area contributed by atoms with Crippen molar-refractivity contribution in [2.45, 2.75) is 19.9 Å². The quantitative estimate of drug-likeness (QED) is 0.698. The molecule has 1 rings (SSSR count). The smallest absolute Gasteiger partial charge is 0.165 e. The Morgan fingerprint density at radius 3 is 2.78 bits per heavy atom. The highest BCUT2D eigenvalue weighted by molar-refractivity contribution is 7.98. The van der Waals surface area contributed by atoms with Crippen molar-refractivity contribution in [2.24, 2.45) is 0 Å². The summed E-state index contributed by atoms with van der Waals surface area (Å²) in [4.78, 5) is 0. The standard InChI is InChI=1S/C14H23NO2S/c1-4-16-13-8-5-7-12(11-15-2)14(13)17-9-6-10-18-3/h5,7-8,15H,4,6,9-11H2,1-3H3. The summed E-state index contributed by atoms with van der Waals surface area (Å²) in [5.41, 5.74) is 1.15. The SMILES string of the molecule is CCOc1cccc(CNC)c1OCCCSC. The average molecular weight is 269 g/mol. The van der Waals surface area contributed by atoms with E-state index in [4.69, 9.17) is 9.47 Å². The van der Waals surface area contributed by atoms with Crippen LogP contribution in [0.4, 0.5) is 0 Å². The molecule has 18 heavy (non-hydrogen) atoms. The van der Waals surface area contributed by atoms with Crippen molar-refractivity contribution in [1.82, 2.24) is 5.32 Å². The van der Waals surface area contributed by atoms with Crippen molar-refractivity contribution in [3.8, 4) is 11.5 Å². The van der Waals surface area contributed by atoms with Gasteiger partial charge in [-0.3, -0.25) is 0 Å². The van der Waals surface area contributed by atoms with Crippen LogP contribution < -0.4 is 14.8 Å². The first-order valence-corrected chi connectivity index (χ1v) is 7.73. The van der Waals surface area contributed by atoms with Gasteiger partial charge in [-0.15, -0.1) is 0 Å². The molecule has 0 saturated carbocycles. The van der Waals surface area contributed by atoms with E-state index in [9.17, 15) is 0 Å². The van der Waals surface area contributed by atoms with Gasteiger partial charge in [-0.25, -0.2) is 0 Å². The predicted molar refractivity (Wildman–Crippen MR) is 78.9 cm³/mol. The summed E-state index contributed by atoms with van der Waals surface area (Å²) >= 11 is 1.84. The number of rotatable bonds is 9. The fourth-order valence-corrected chi connectivity index (χ4v) is 2.11. The molecule has 1 aromatic carbocycles. The highest BCUT2D eigenvalue weighted by Gasteiger charge is 2.10. The molecule has 4 heteroatoms. The molecule has 0 fully saturated rings. The van der Waals surface area contributed by atoms with Crippen LogP contribution in [0.3, 0.4) is 0 Å². The number of ether oxygens (including phenoxy) is 2. The first-order valence-electron chi connectivity index (χ1n) is 6.34. The number of hydrogen-bond donors (Lipinski definition) is 1. The molecule has 0 spiro atoms. The molecule has 0 radical (unpaired) electrons. The number of thioether (sulfide) groups is 1. The van der Waals surface area contributed by atoms with Gasteiger partial charge in [0.2, 0.25) is 0 Å². The molecule has 0 saturated heterocycles. The van der Waals surface area contributed by atoms with Crippen LogP contribution >= 0.6 is 11.8 Å². The molecule has 1 N–H and O–H groups in total. The number of benzene rings is 1. The second kappa shape index (κ2) is 9.11. The van der Waals surface area contributed by atoms with Gasteiger partial charge in [0.05, 0.1) is 13.2 Å². The maximum absolute atomic E-state index is 5.90. The molecule has 102 valence electrons. The van der Waals surface area contributed by atoms with Crippen LogP contribution in [-0.4, -0.2) is 32.3 Å². The van der Waals surface area contributed by atoms with Crippen LogP contribution in [0.1, 0.15) is 18.9 Å². The van der Waals surface area contributed by atoms with Gasteiger partial charge >= 0.3 is 0 Å². The second-order valence-corrected chi connectivity index (χ2v) is 4.89. The van der Waals surface area contributed by atoms with E-state index in [1.54, 1.807) is 0 Å². The lowest BCUT2D eigenvalue weighted by Gasteiger charge is -2.15. The first-order chi connectivity index (χ1) is 8.83. The Morgan fingerprint density at radius 2 is 2.11 bits per heavy atom. The molecular weight excluding hydrogens is 246 g/mol. The van der Waals surface area contributed by atoms with Crippen LogP contribution in [-0.2, 0) is 6.54 Å².